The highest BCUT2D eigenvalue weighted by molar-refractivity contribution is 5.67. The average molecular weight is 314 g/mol. The molecule has 0 aromatic carbocycles. The smallest absolute Gasteiger partial charge is 0.407 e. The Morgan fingerprint density at radius 3 is 2.32 bits per heavy atom. The molecule has 0 saturated heterocycles. The van der Waals surface area contributed by atoms with E-state index in [1.807, 2.05) is 20.8 Å². The second-order valence-electron chi connectivity index (χ2n) is 6.12. The second kappa shape index (κ2) is 13.2. The van der Waals surface area contributed by atoms with Crippen LogP contribution in [0.1, 0.15) is 59.3 Å². The number of carbonyl (C=O) groups is 1. The van der Waals surface area contributed by atoms with Crippen LogP contribution in [0.5, 0.6) is 0 Å². The van der Waals surface area contributed by atoms with Crippen LogP contribution >= 0.6 is 0 Å². The van der Waals surface area contributed by atoms with E-state index in [2.05, 4.69) is 15.3 Å². The van der Waals surface area contributed by atoms with Gasteiger partial charge in [-0.05, 0) is 58.4 Å². The molecule has 0 saturated carbocycles. The molecule has 0 aliphatic carbocycles. The molecular weight excluding hydrogens is 284 g/mol. The summed E-state index contributed by atoms with van der Waals surface area (Å²) in [5.74, 6) is 0. The molecule has 0 atom stereocenters. The Bertz CT molecular complexity index is 336. The summed E-state index contributed by atoms with van der Waals surface area (Å²) in [6, 6.07) is 0. The van der Waals surface area contributed by atoms with Crippen LogP contribution < -0.4 is 5.32 Å². The van der Waals surface area contributed by atoms with Crippen LogP contribution in [0.3, 0.4) is 0 Å². The molecule has 1 N–H and O–H groups in total. The molecule has 0 aromatic rings. The lowest BCUT2D eigenvalue weighted by molar-refractivity contribution is 0.0526. The van der Waals surface area contributed by atoms with Gasteiger partial charge in [0.1, 0.15) is 5.60 Å². The summed E-state index contributed by atoms with van der Waals surface area (Å²) in [6.45, 7) is 8.26. The standard InChI is InChI=1S/C15H30N4O3/c1-15(2,3)22-14(20)17-10-6-4-8-12-21-13-9-5-7-11-18-19-16/h4-13H2,1-3H3,(H,17,20). The van der Waals surface area contributed by atoms with Crippen LogP contribution in [0.25, 0.3) is 10.4 Å². The van der Waals surface area contributed by atoms with Crippen molar-refractivity contribution in [3.05, 3.63) is 10.4 Å². The average Bonchev–Trinajstić information content (AvgIpc) is 2.42. The van der Waals surface area contributed by atoms with Crippen molar-refractivity contribution in [1.29, 1.82) is 0 Å². The lowest BCUT2D eigenvalue weighted by Crippen LogP contribution is -2.33. The Kier molecular flexibility index (Phi) is 12.3. The molecule has 0 heterocycles. The van der Waals surface area contributed by atoms with Gasteiger partial charge in [0.05, 0.1) is 0 Å². The topological polar surface area (TPSA) is 96.3 Å². The van der Waals surface area contributed by atoms with E-state index in [0.29, 0.717) is 13.1 Å². The molecule has 0 aromatic heterocycles. The van der Waals surface area contributed by atoms with Crippen molar-refractivity contribution in [2.45, 2.75) is 64.9 Å². The van der Waals surface area contributed by atoms with Crippen LogP contribution in [0.2, 0.25) is 0 Å². The number of unbranched alkanes of at least 4 members (excludes halogenated alkanes) is 4. The van der Waals surface area contributed by atoms with Gasteiger partial charge in [-0.2, -0.15) is 0 Å². The third-order valence-electron chi connectivity index (χ3n) is 2.74. The van der Waals surface area contributed by atoms with Crippen LogP contribution in [0.4, 0.5) is 4.79 Å². The molecular formula is C15H30N4O3. The molecule has 7 nitrogen and oxygen atoms in total. The number of azide groups is 1. The normalized spacial score (nSPS) is 10.9. The number of rotatable bonds is 12. The largest absolute Gasteiger partial charge is 0.444 e. The molecule has 0 unspecified atom stereocenters. The first-order chi connectivity index (χ1) is 10.5. The number of carbonyl (C=O) groups excluding carboxylic acids is 1. The predicted octanol–water partition coefficient (Wildman–Crippen LogP) is 4.18. The van der Waals surface area contributed by atoms with E-state index < -0.39 is 5.60 Å². The Balaban J connectivity index is 3.20. The number of amides is 1. The third-order valence-corrected chi connectivity index (χ3v) is 2.74. The monoisotopic (exact) mass is 314 g/mol. The van der Waals surface area contributed by atoms with E-state index in [0.717, 1.165) is 51.7 Å². The van der Waals surface area contributed by atoms with Crippen molar-refractivity contribution < 1.29 is 14.3 Å². The highest BCUT2D eigenvalue weighted by atomic mass is 16.6. The summed E-state index contributed by atoms with van der Waals surface area (Å²) >= 11 is 0. The van der Waals surface area contributed by atoms with Gasteiger partial charge in [0, 0.05) is 31.2 Å². The highest BCUT2D eigenvalue weighted by Crippen LogP contribution is 2.06. The molecule has 0 aliphatic rings. The van der Waals surface area contributed by atoms with E-state index in [9.17, 15) is 4.79 Å². The molecule has 22 heavy (non-hydrogen) atoms. The Hall–Kier alpha value is -1.46. The van der Waals surface area contributed by atoms with Gasteiger partial charge >= 0.3 is 6.09 Å². The van der Waals surface area contributed by atoms with Crippen molar-refractivity contribution in [3.8, 4) is 0 Å². The maximum Gasteiger partial charge on any atom is 0.407 e. The summed E-state index contributed by atoms with van der Waals surface area (Å²) in [6.07, 6.45) is 5.53. The molecule has 1 amide bonds. The Morgan fingerprint density at radius 2 is 1.73 bits per heavy atom. The zero-order valence-corrected chi connectivity index (χ0v) is 14.1. The molecule has 0 bridgehead atoms. The van der Waals surface area contributed by atoms with Crippen molar-refractivity contribution in [2.24, 2.45) is 5.11 Å². The van der Waals surface area contributed by atoms with E-state index >= 15 is 0 Å². The van der Waals surface area contributed by atoms with Crippen molar-refractivity contribution in [3.63, 3.8) is 0 Å². The lowest BCUT2D eigenvalue weighted by Gasteiger charge is -2.19. The SMILES string of the molecule is CC(C)(C)OC(=O)NCCCCCOCCCCCN=[N+]=[N-]. The van der Waals surface area contributed by atoms with Gasteiger partial charge in [0.2, 0.25) is 0 Å². The van der Waals surface area contributed by atoms with Crippen LogP contribution in [0.15, 0.2) is 5.11 Å². The number of hydrogen-bond acceptors (Lipinski definition) is 4. The number of alkyl carbamates (subject to hydrolysis) is 1. The first-order valence-electron chi connectivity index (χ1n) is 8.01. The van der Waals surface area contributed by atoms with Gasteiger partial charge in [-0.1, -0.05) is 11.5 Å². The summed E-state index contributed by atoms with van der Waals surface area (Å²) in [5.41, 5.74) is 7.67. The fourth-order valence-corrected chi connectivity index (χ4v) is 1.72. The summed E-state index contributed by atoms with van der Waals surface area (Å²) in [4.78, 5) is 14.1. The van der Waals surface area contributed by atoms with Crippen LogP contribution in [0, 0.1) is 0 Å². The number of nitrogens with one attached hydrogen (secondary N) is 1. The summed E-state index contributed by atoms with van der Waals surface area (Å²) in [7, 11) is 0. The third kappa shape index (κ3) is 16.6. The molecule has 0 spiro atoms. The molecule has 0 rings (SSSR count). The minimum Gasteiger partial charge on any atom is -0.444 e. The summed E-state index contributed by atoms with van der Waals surface area (Å²) < 4.78 is 10.7. The summed E-state index contributed by atoms with van der Waals surface area (Å²) in [5, 5.41) is 6.22. The van der Waals surface area contributed by atoms with E-state index in [4.69, 9.17) is 15.0 Å². The van der Waals surface area contributed by atoms with Gasteiger partial charge in [0.25, 0.3) is 0 Å². The Morgan fingerprint density at radius 1 is 1.09 bits per heavy atom. The second-order valence-corrected chi connectivity index (χ2v) is 6.12. The Labute approximate surface area is 133 Å². The van der Waals surface area contributed by atoms with Crippen LogP contribution in [-0.4, -0.2) is 38.0 Å². The molecule has 128 valence electrons. The van der Waals surface area contributed by atoms with Crippen molar-refractivity contribution in [1.82, 2.24) is 5.32 Å². The van der Waals surface area contributed by atoms with E-state index in [-0.39, 0.29) is 6.09 Å². The number of ether oxygens (including phenoxy) is 2. The quantitative estimate of drug-likeness (QED) is 0.253. The minimum atomic E-state index is -0.446. The zero-order chi connectivity index (χ0) is 16.7. The highest BCUT2D eigenvalue weighted by Gasteiger charge is 2.15. The van der Waals surface area contributed by atoms with Crippen molar-refractivity contribution >= 4 is 6.09 Å². The fraction of sp³-hybridized carbons (Fsp3) is 0.933. The minimum absolute atomic E-state index is 0.357. The number of nitrogens with zero attached hydrogens (tertiary/aromatic N) is 3. The zero-order valence-electron chi connectivity index (χ0n) is 14.1. The first-order valence-corrected chi connectivity index (χ1v) is 8.01. The van der Waals surface area contributed by atoms with E-state index in [1.165, 1.54) is 0 Å². The first kappa shape index (κ1) is 20.5. The number of hydrogen-bond donors (Lipinski definition) is 1. The predicted molar refractivity (Wildman–Crippen MR) is 86.8 cm³/mol. The van der Waals surface area contributed by atoms with Gasteiger partial charge in [0.15, 0.2) is 0 Å². The molecule has 0 fully saturated rings. The maximum atomic E-state index is 11.4. The molecule has 7 heteroatoms. The van der Waals surface area contributed by atoms with Gasteiger partial charge in [-0.25, -0.2) is 4.79 Å². The molecule has 0 aliphatic heterocycles. The van der Waals surface area contributed by atoms with Gasteiger partial charge in [-0.3, -0.25) is 0 Å². The molecule has 0 radical (unpaired) electrons. The maximum absolute atomic E-state index is 11.4. The van der Waals surface area contributed by atoms with Crippen LogP contribution in [-0.2, 0) is 9.47 Å². The van der Waals surface area contributed by atoms with Gasteiger partial charge < -0.3 is 14.8 Å². The van der Waals surface area contributed by atoms with E-state index in [1.54, 1.807) is 0 Å². The van der Waals surface area contributed by atoms with Crippen molar-refractivity contribution in [2.75, 3.05) is 26.3 Å². The lowest BCUT2D eigenvalue weighted by atomic mass is 10.2. The fourth-order valence-electron chi connectivity index (χ4n) is 1.72. The van der Waals surface area contributed by atoms with Gasteiger partial charge in [-0.15, -0.1) is 0 Å².